The summed E-state index contributed by atoms with van der Waals surface area (Å²) in [6.45, 7) is 4.66. The lowest BCUT2D eigenvalue weighted by atomic mass is 10.1. The smallest absolute Gasteiger partial charge is 0.338 e. The standard InChI is InChI=1S/C13H16N2O4/c1-4-19-13(18)10-5-11(14-8(2)16)7-12(6-10)15-9(3)17/h5-7H,4H2,1-3H3,(H,14,16)(H,15,17). The van der Waals surface area contributed by atoms with Gasteiger partial charge in [0.15, 0.2) is 0 Å². The van der Waals surface area contributed by atoms with E-state index in [4.69, 9.17) is 4.74 Å². The van der Waals surface area contributed by atoms with Crippen LogP contribution < -0.4 is 10.6 Å². The number of anilines is 2. The zero-order chi connectivity index (χ0) is 14.4. The van der Waals surface area contributed by atoms with Gasteiger partial charge in [0.05, 0.1) is 12.2 Å². The quantitative estimate of drug-likeness (QED) is 0.812. The average molecular weight is 264 g/mol. The van der Waals surface area contributed by atoms with Gasteiger partial charge in [-0.3, -0.25) is 9.59 Å². The highest BCUT2D eigenvalue weighted by Gasteiger charge is 2.11. The van der Waals surface area contributed by atoms with Gasteiger partial charge in [0, 0.05) is 25.2 Å². The fourth-order valence-electron chi connectivity index (χ4n) is 1.51. The molecule has 0 spiro atoms. The second kappa shape index (κ2) is 6.53. The molecule has 0 atom stereocenters. The second-order valence-electron chi connectivity index (χ2n) is 3.88. The van der Waals surface area contributed by atoms with Crippen LogP contribution in [0.3, 0.4) is 0 Å². The molecule has 2 amide bonds. The van der Waals surface area contributed by atoms with Gasteiger partial charge in [0.2, 0.25) is 11.8 Å². The number of hydrogen-bond donors (Lipinski definition) is 2. The Kier molecular flexibility index (Phi) is 5.05. The van der Waals surface area contributed by atoms with E-state index >= 15 is 0 Å². The molecular weight excluding hydrogens is 248 g/mol. The van der Waals surface area contributed by atoms with Gasteiger partial charge in [-0.25, -0.2) is 4.79 Å². The van der Waals surface area contributed by atoms with Crippen LogP contribution in [-0.4, -0.2) is 24.4 Å². The normalized spacial score (nSPS) is 9.63. The van der Waals surface area contributed by atoms with Crippen LogP contribution in [0.5, 0.6) is 0 Å². The number of esters is 1. The molecule has 0 aromatic heterocycles. The van der Waals surface area contributed by atoms with Crippen molar-refractivity contribution in [1.29, 1.82) is 0 Å². The summed E-state index contributed by atoms with van der Waals surface area (Å²) in [6.07, 6.45) is 0. The van der Waals surface area contributed by atoms with E-state index in [0.29, 0.717) is 11.4 Å². The Morgan fingerprint density at radius 1 is 1.00 bits per heavy atom. The summed E-state index contributed by atoms with van der Waals surface area (Å²) in [6, 6.07) is 4.54. The molecule has 0 saturated carbocycles. The number of carbonyl (C=O) groups excluding carboxylic acids is 3. The molecule has 0 unspecified atom stereocenters. The summed E-state index contributed by atoms with van der Waals surface area (Å²) in [5.41, 5.74) is 1.10. The first-order valence-electron chi connectivity index (χ1n) is 5.79. The zero-order valence-electron chi connectivity index (χ0n) is 11.1. The molecule has 0 fully saturated rings. The van der Waals surface area contributed by atoms with E-state index in [9.17, 15) is 14.4 Å². The van der Waals surface area contributed by atoms with Crippen molar-refractivity contribution in [2.75, 3.05) is 17.2 Å². The van der Waals surface area contributed by atoms with E-state index in [0.717, 1.165) is 0 Å². The van der Waals surface area contributed by atoms with E-state index < -0.39 is 5.97 Å². The number of carbonyl (C=O) groups is 3. The second-order valence-corrected chi connectivity index (χ2v) is 3.88. The number of ether oxygens (including phenoxy) is 1. The van der Waals surface area contributed by atoms with E-state index in [1.807, 2.05) is 0 Å². The van der Waals surface area contributed by atoms with Crippen LogP contribution in [-0.2, 0) is 14.3 Å². The topological polar surface area (TPSA) is 84.5 Å². The maximum Gasteiger partial charge on any atom is 0.338 e. The van der Waals surface area contributed by atoms with Crippen molar-refractivity contribution < 1.29 is 19.1 Å². The number of benzene rings is 1. The third-order valence-corrected chi connectivity index (χ3v) is 2.08. The Hall–Kier alpha value is -2.37. The zero-order valence-corrected chi connectivity index (χ0v) is 11.1. The Morgan fingerprint density at radius 3 is 1.84 bits per heavy atom. The predicted octanol–water partition coefficient (Wildman–Crippen LogP) is 1.78. The molecule has 2 N–H and O–H groups in total. The van der Waals surface area contributed by atoms with Gasteiger partial charge >= 0.3 is 5.97 Å². The van der Waals surface area contributed by atoms with E-state index in [-0.39, 0.29) is 24.0 Å². The average Bonchev–Trinajstić information content (AvgIpc) is 2.26. The molecule has 0 bridgehead atoms. The molecular formula is C13H16N2O4. The van der Waals surface area contributed by atoms with Crippen LogP contribution in [0.25, 0.3) is 0 Å². The molecule has 19 heavy (non-hydrogen) atoms. The number of nitrogens with one attached hydrogen (secondary N) is 2. The third-order valence-electron chi connectivity index (χ3n) is 2.08. The Balaban J connectivity index is 3.11. The molecule has 0 saturated heterocycles. The number of amides is 2. The van der Waals surface area contributed by atoms with Crippen LogP contribution >= 0.6 is 0 Å². The van der Waals surface area contributed by atoms with Gasteiger partial charge < -0.3 is 15.4 Å². The van der Waals surface area contributed by atoms with Crippen molar-refractivity contribution in [3.63, 3.8) is 0 Å². The molecule has 102 valence electrons. The lowest BCUT2D eigenvalue weighted by Crippen LogP contribution is -2.12. The van der Waals surface area contributed by atoms with Gasteiger partial charge in [-0.2, -0.15) is 0 Å². The molecule has 6 heteroatoms. The van der Waals surface area contributed by atoms with Gasteiger partial charge in [0.1, 0.15) is 0 Å². The van der Waals surface area contributed by atoms with E-state index in [2.05, 4.69) is 10.6 Å². The van der Waals surface area contributed by atoms with Crippen molar-refractivity contribution >= 4 is 29.2 Å². The minimum Gasteiger partial charge on any atom is -0.462 e. The fourth-order valence-corrected chi connectivity index (χ4v) is 1.51. The SMILES string of the molecule is CCOC(=O)c1cc(NC(C)=O)cc(NC(C)=O)c1. The number of hydrogen-bond acceptors (Lipinski definition) is 4. The monoisotopic (exact) mass is 264 g/mol. The Bertz CT molecular complexity index is 477. The first-order chi connectivity index (χ1) is 8.92. The maximum absolute atomic E-state index is 11.7. The van der Waals surface area contributed by atoms with Gasteiger partial charge in [-0.15, -0.1) is 0 Å². The summed E-state index contributed by atoms with van der Waals surface area (Å²) in [4.78, 5) is 33.8. The Labute approximate surface area is 111 Å². The molecule has 1 rings (SSSR count). The van der Waals surface area contributed by atoms with Crippen molar-refractivity contribution in [3.05, 3.63) is 23.8 Å². The fraction of sp³-hybridized carbons (Fsp3) is 0.308. The molecule has 0 aliphatic rings. The van der Waals surface area contributed by atoms with Crippen molar-refractivity contribution in [1.82, 2.24) is 0 Å². The third kappa shape index (κ3) is 4.79. The first-order valence-corrected chi connectivity index (χ1v) is 5.79. The first kappa shape index (κ1) is 14.7. The van der Waals surface area contributed by atoms with Gasteiger partial charge in [0.25, 0.3) is 0 Å². The summed E-state index contributed by atoms with van der Waals surface area (Å²) >= 11 is 0. The highest BCUT2D eigenvalue weighted by Crippen LogP contribution is 2.20. The van der Waals surface area contributed by atoms with E-state index in [1.54, 1.807) is 13.0 Å². The van der Waals surface area contributed by atoms with Crippen molar-refractivity contribution in [2.24, 2.45) is 0 Å². The van der Waals surface area contributed by atoms with Crippen LogP contribution in [0.1, 0.15) is 31.1 Å². The van der Waals surface area contributed by atoms with Crippen LogP contribution in [0, 0.1) is 0 Å². The summed E-state index contributed by atoms with van der Waals surface area (Å²) in [7, 11) is 0. The van der Waals surface area contributed by atoms with Crippen LogP contribution in [0.2, 0.25) is 0 Å². The largest absolute Gasteiger partial charge is 0.462 e. The summed E-state index contributed by atoms with van der Waals surface area (Å²) in [5, 5.41) is 5.12. The molecule has 6 nitrogen and oxygen atoms in total. The lowest BCUT2D eigenvalue weighted by Gasteiger charge is -2.10. The molecule has 0 heterocycles. The van der Waals surface area contributed by atoms with Gasteiger partial charge in [-0.05, 0) is 25.1 Å². The minimum absolute atomic E-state index is 0.249. The summed E-state index contributed by atoms with van der Waals surface area (Å²) in [5.74, 6) is -1.05. The minimum atomic E-state index is -0.513. The molecule has 1 aromatic carbocycles. The predicted molar refractivity (Wildman–Crippen MR) is 71.0 cm³/mol. The molecule has 0 aliphatic heterocycles. The van der Waals surface area contributed by atoms with Crippen molar-refractivity contribution in [3.8, 4) is 0 Å². The molecule has 0 radical (unpaired) electrons. The van der Waals surface area contributed by atoms with Crippen molar-refractivity contribution in [2.45, 2.75) is 20.8 Å². The van der Waals surface area contributed by atoms with Crippen LogP contribution in [0.4, 0.5) is 11.4 Å². The highest BCUT2D eigenvalue weighted by molar-refractivity contribution is 5.97. The maximum atomic E-state index is 11.7. The molecule has 1 aromatic rings. The molecule has 0 aliphatic carbocycles. The summed E-state index contributed by atoms with van der Waals surface area (Å²) < 4.78 is 4.88. The number of rotatable bonds is 4. The Morgan fingerprint density at radius 2 is 1.47 bits per heavy atom. The van der Waals surface area contributed by atoms with Crippen LogP contribution in [0.15, 0.2) is 18.2 Å². The lowest BCUT2D eigenvalue weighted by molar-refractivity contribution is -0.115. The van der Waals surface area contributed by atoms with Gasteiger partial charge in [-0.1, -0.05) is 0 Å². The highest BCUT2D eigenvalue weighted by atomic mass is 16.5. The van der Waals surface area contributed by atoms with E-state index in [1.165, 1.54) is 26.0 Å².